The SMILES string of the molecule is Cc1ccc([N+](=O)[O-])cc1N=Cc1c2ccccc2cc2ccccc12. The van der Waals surface area contributed by atoms with Gasteiger partial charge < -0.3 is 0 Å². The molecule has 4 rings (SSSR count). The minimum atomic E-state index is -0.397. The van der Waals surface area contributed by atoms with Crippen molar-refractivity contribution in [1.82, 2.24) is 0 Å². The number of fused-ring (bicyclic) bond motifs is 2. The molecule has 4 aromatic carbocycles. The number of hydrogen-bond acceptors (Lipinski definition) is 3. The minimum Gasteiger partial charge on any atom is -0.258 e. The summed E-state index contributed by atoms with van der Waals surface area (Å²) in [5.41, 5.74) is 2.57. The molecule has 0 unspecified atom stereocenters. The first-order chi connectivity index (χ1) is 12.6. The highest BCUT2D eigenvalue weighted by molar-refractivity contribution is 6.13. The summed E-state index contributed by atoms with van der Waals surface area (Å²) in [5, 5.41) is 15.5. The lowest BCUT2D eigenvalue weighted by atomic mass is 9.97. The van der Waals surface area contributed by atoms with Crippen molar-refractivity contribution in [3.05, 3.63) is 94.0 Å². The van der Waals surface area contributed by atoms with E-state index in [0.717, 1.165) is 32.7 Å². The standard InChI is InChI=1S/C22H16N2O2/c1-15-10-11-18(24(25)26)13-22(15)23-14-21-19-8-4-2-6-16(19)12-17-7-3-5-9-20(17)21/h2-14H,1H3. The fraction of sp³-hybridized carbons (Fsp3) is 0.0455. The first-order valence-electron chi connectivity index (χ1n) is 8.33. The number of rotatable bonds is 3. The number of benzene rings is 4. The van der Waals surface area contributed by atoms with E-state index in [2.05, 4.69) is 35.3 Å². The zero-order chi connectivity index (χ0) is 18.1. The zero-order valence-corrected chi connectivity index (χ0v) is 14.2. The van der Waals surface area contributed by atoms with E-state index in [1.807, 2.05) is 37.4 Å². The lowest BCUT2D eigenvalue weighted by Gasteiger charge is -2.08. The monoisotopic (exact) mass is 340 g/mol. The van der Waals surface area contributed by atoms with E-state index < -0.39 is 4.92 Å². The summed E-state index contributed by atoms with van der Waals surface area (Å²) < 4.78 is 0. The van der Waals surface area contributed by atoms with Crippen LogP contribution in [-0.4, -0.2) is 11.1 Å². The number of nitro benzene ring substituents is 1. The Hall–Kier alpha value is -3.53. The van der Waals surface area contributed by atoms with Gasteiger partial charge in [0.15, 0.2) is 0 Å². The first kappa shape index (κ1) is 16.0. The highest BCUT2D eigenvalue weighted by atomic mass is 16.6. The molecule has 0 saturated heterocycles. The third kappa shape index (κ3) is 2.82. The van der Waals surface area contributed by atoms with Crippen molar-refractivity contribution in [2.24, 2.45) is 4.99 Å². The number of hydrogen-bond donors (Lipinski definition) is 0. The van der Waals surface area contributed by atoms with Gasteiger partial charge in [-0.25, -0.2) is 0 Å². The summed E-state index contributed by atoms with van der Waals surface area (Å²) >= 11 is 0. The van der Waals surface area contributed by atoms with E-state index in [1.54, 1.807) is 6.07 Å². The molecule has 0 aliphatic heterocycles. The van der Waals surface area contributed by atoms with Crippen molar-refractivity contribution < 1.29 is 4.92 Å². The van der Waals surface area contributed by atoms with Crippen molar-refractivity contribution in [1.29, 1.82) is 0 Å². The largest absolute Gasteiger partial charge is 0.271 e. The molecule has 0 N–H and O–H groups in total. The number of aliphatic imine (C=N–C) groups is 1. The molecule has 4 heteroatoms. The molecule has 126 valence electrons. The highest BCUT2D eigenvalue weighted by Crippen LogP contribution is 2.29. The Bertz CT molecular complexity index is 1130. The lowest BCUT2D eigenvalue weighted by molar-refractivity contribution is -0.384. The van der Waals surface area contributed by atoms with Crippen molar-refractivity contribution in [2.75, 3.05) is 0 Å². The summed E-state index contributed by atoms with van der Waals surface area (Å²) in [6, 6.07) is 23.3. The van der Waals surface area contributed by atoms with E-state index in [0.29, 0.717) is 5.69 Å². The quantitative estimate of drug-likeness (QED) is 0.200. The molecule has 0 atom stereocenters. The Morgan fingerprint density at radius 3 is 2.12 bits per heavy atom. The fourth-order valence-corrected chi connectivity index (χ4v) is 3.17. The lowest BCUT2D eigenvalue weighted by Crippen LogP contribution is -1.90. The second-order valence-corrected chi connectivity index (χ2v) is 6.22. The Morgan fingerprint density at radius 1 is 0.885 bits per heavy atom. The Balaban J connectivity index is 1.92. The number of non-ortho nitro benzene ring substituents is 1. The third-order valence-electron chi connectivity index (χ3n) is 4.55. The predicted octanol–water partition coefficient (Wildman–Crippen LogP) is 5.96. The van der Waals surface area contributed by atoms with Crippen molar-refractivity contribution >= 4 is 39.1 Å². The topological polar surface area (TPSA) is 55.5 Å². The van der Waals surface area contributed by atoms with Crippen LogP contribution in [-0.2, 0) is 0 Å². The zero-order valence-electron chi connectivity index (χ0n) is 14.2. The van der Waals surface area contributed by atoms with Crippen LogP contribution in [0.25, 0.3) is 21.5 Å². The van der Waals surface area contributed by atoms with Gasteiger partial charge >= 0.3 is 0 Å². The van der Waals surface area contributed by atoms with Gasteiger partial charge in [-0.2, -0.15) is 0 Å². The molecule has 0 amide bonds. The maximum Gasteiger partial charge on any atom is 0.271 e. The molecule has 0 fully saturated rings. The molecule has 0 aromatic heterocycles. The van der Waals surface area contributed by atoms with Crippen LogP contribution in [0.1, 0.15) is 11.1 Å². The second-order valence-electron chi connectivity index (χ2n) is 6.22. The molecular formula is C22H16N2O2. The molecule has 0 radical (unpaired) electrons. The van der Waals surface area contributed by atoms with Gasteiger partial charge in [-0.15, -0.1) is 0 Å². The summed E-state index contributed by atoms with van der Waals surface area (Å²) in [6.07, 6.45) is 1.82. The Morgan fingerprint density at radius 2 is 1.50 bits per heavy atom. The fourth-order valence-electron chi connectivity index (χ4n) is 3.17. The van der Waals surface area contributed by atoms with Crippen LogP contribution in [0.3, 0.4) is 0 Å². The van der Waals surface area contributed by atoms with Gasteiger partial charge in [-0.1, -0.05) is 54.6 Å². The molecule has 4 aromatic rings. The van der Waals surface area contributed by atoms with Crippen LogP contribution in [0.5, 0.6) is 0 Å². The van der Waals surface area contributed by atoms with Gasteiger partial charge in [0.2, 0.25) is 0 Å². The van der Waals surface area contributed by atoms with E-state index in [4.69, 9.17) is 0 Å². The number of nitro groups is 1. The highest BCUT2D eigenvalue weighted by Gasteiger charge is 2.09. The predicted molar refractivity (Wildman–Crippen MR) is 107 cm³/mol. The van der Waals surface area contributed by atoms with Crippen LogP contribution in [0.4, 0.5) is 11.4 Å². The Labute approximate surface area is 150 Å². The van der Waals surface area contributed by atoms with Gasteiger partial charge in [0.1, 0.15) is 0 Å². The summed E-state index contributed by atoms with van der Waals surface area (Å²) in [6.45, 7) is 1.90. The molecule has 0 heterocycles. The third-order valence-corrected chi connectivity index (χ3v) is 4.55. The molecule has 0 aliphatic rings. The Kier molecular flexibility index (Phi) is 3.93. The average molecular weight is 340 g/mol. The summed E-state index contributed by atoms with van der Waals surface area (Å²) in [7, 11) is 0. The van der Waals surface area contributed by atoms with E-state index in [-0.39, 0.29) is 5.69 Å². The second kappa shape index (κ2) is 6.41. The molecule has 0 saturated carbocycles. The molecule has 0 bridgehead atoms. The molecule has 0 spiro atoms. The first-order valence-corrected chi connectivity index (χ1v) is 8.33. The maximum atomic E-state index is 11.0. The van der Waals surface area contributed by atoms with E-state index in [1.165, 1.54) is 12.1 Å². The van der Waals surface area contributed by atoms with Gasteiger partial charge in [0, 0.05) is 23.9 Å². The van der Waals surface area contributed by atoms with Crippen LogP contribution in [0.15, 0.2) is 77.8 Å². The molecule has 0 aliphatic carbocycles. The number of nitrogens with zero attached hydrogens (tertiary/aromatic N) is 2. The smallest absolute Gasteiger partial charge is 0.258 e. The average Bonchev–Trinajstić information content (AvgIpc) is 2.66. The van der Waals surface area contributed by atoms with Crippen LogP contribution < -0.4 is 0 Å². The minimum absolute atomic E-state index is 0.0468. The van der Waals surface area contributed by atoms with Crippen molar-refractivity contribution in [3.8, 4) is 0 Å². The molecule has 4 nitrogen and oxygen atoms in total. The maximum absolute atomic E-state index is 11.0. The van der Waals surface area contributed by atoms with Crippen LogP contribution in [0, 0.1) is 17.0 Å². The molecular weight excluding hydrogens is 324 g/mol. The number of aryl methyl sites for hydroxylation is 1. The summed E-state index contributed by atoms with van der Waals surface area (Å²) in [4.78, 5) is 15.2. The summed E-state index contributed by atoms with van der Waals surface area (Å²) in [5.74, 6) is 0. The van der Waals surface area contributed by atoms with Gasteiger partial charge in [0.05, 0.1) is 10.6 Å². The van der Waals surface area contributed by atoms with Gasteiger partial charge in [-0.3, -0.25) is 15.1 Å². The van der Waals surface area contributed by atoms with Crippen LogP contribution in [0.2, 0.25) is 0 Å². The van der Waals surface area contributed by atoms with Gasteiger partial charge in [-0.05, 0) is 40.1 Å². The normalized spacial score (nSPS) is 11.4. The van der Waals surface area contributed by atoms with Crippen molar-refractivity contribution in [2.45, 2.75) is 6.92 Å². The van der Waals surface area contributed by atoms with Crippen molar-refractivity contribution in [3.63, 3.8) is 0 Å². The van der Waals surface area contributed by atoms with E-state index >= 15 is 0 Å². The van der Waals surface area contributed by atoms with Crippen LogP contribution >= 0.6 is 0 Å². The van der Waals surface area contributed by atoms with Gasteiger partial charge in [0.25, 0.3) is 5.69 Å². The van der Waals surface area contributed by atoms with E-state index in [9.17, 15) is 10.1 Å². The molecule has 26 heavy (non-hydrogen) atoms.